The molecule has 0 spiro atoms. The van der Waals surface area contributed by atoms with E-state index in [1.807, 2.05) is 0 Å². The molecule has 10 nitrogen and oxygen atoms in total. The molecule has 1 unspecified atom stereocenters. The molecule has 1 atom stereocenters. The molecule has 33 heavy (non-hydrogen) atoms. The molecule has 3 heterocycles. The molecule has 4 aromatic rings. The van der Waals surface area contributed by atoms with Gasteiger partial charge < -0.3 is 9.97 Å². The van der Waals surface area contributed by atoms with Gasteiger partial charge in [0.05, 0.1) is 4.90 Å². The summed E-state index contributed by atoms with van der Waals surface area (Å²) < 4.78 is 28.2. The number of rotatable bonds is 4. The van der Waals surface area contributed by atoms with Crippen LogP contribution in [0.4, 0.5) is 0 Å². The minimum absolute atomic E-state index is 0.0675. The van der Waals surface area contributed by atoms with Crippen molar-refractivity contribution < 1.29 is 8.42 Å². The average Bonchev–Trinajstić information content (AvgIpc) is 3.08. The number of nitrogens with one attached hydrogen (secondary N) is 2. The Morgan fingerprint density at radius 2 is 1.45 bits per heavy atom. The van der Waals surface area contributed by atoms with Crippen molar-refractivity contribution in [1.82, 2.24) is 18.8 Å². The first-order valence-electron chi connectivity index (χ1n) is 10.5. The number of H-pyrrole nitrogens is 2. The van der Waals surface area contributed by atoms with Crippen LogP contribution in [0.3, 0.4) is 0 Å². The second kappa shape index (κ2) is 7.78. The van der Waals surface area contributed by atoms with Crippen molar-refractivity contribution in [2.45, 2.75) is 24.3 Å². The highest BCUT2D eigenvalue weighted by Gasteiger charge is 2.31. The van der Waals surface area contributed by atoms with Gasteiger partial charge in [-0.15, -0.1) is 0 Å². The van der Waals surface area contributed by atoms with E-state index < -0.39 is 42.8 Å². The number of benzene rings is 2. The second-order valence-corrected chi connectivity index (χ2v) is 10.1. The highest BCUT2D eigenvalue weighted by atomic mass is 32.2. The number of fused-ring (bicyclic) bond motifs is 2. The number of aromatic amines is 2. The van der Waals surface area contributed by atoms with Gasteiger partial charge in [-0.1, -0.05) is 18.2 Å². The maximum atomic E-state index is 13.0. The van der Waals surface area contributed by atoms with Gasteiger partial charge in [-0.25, -0.2) is 8.42 Å². The van der Waals surface area contributed by atoms with Gasteiger partial charge in [0.1, 0.15) is 21.8 Å². The molecule has 0 amide bonds. The quantitative estimate of drug-likeness (QED) is 0.445. The van der Waals surface area contributed by atoms with Gasteiger partial charge >= 0.3 is 0 Å². The van der Waals surface area contributed by atoms with E-state index >= 15 is 0 Å². The molecule has 0 saturated carbocycles. The lowest BCUT2D eigenvalue weighted by Gasteiger charge is -2.31. The number of sulfonamides is 1. The number of hydrogen-bond donors (Lipinski definition) is 2. The summed E-state index contributed by atoms with van der Waals surface area (Å²) in [6.45, 7) is 0.390. The lowest BCUT2D eigenvalue weighted by molar-refractivity contribution is 0.243. The number of piperidine rings is 1. The van der Waals surface area contributed by atoms with Crippen molar-refractivity contribution >= 4 is 31.8 Å². The maximum Gasteiger partial charge on any atom is 0.265 e. The third-order valence-electron chi connectivity index (χ3n) is 6.17. The monoisotopic (exact) mass is 468 g/mol. The summed E-state index contributed by atoms with van der Waals surface area (Å²) in [7, 11) is -3.71. The van der Waals surface area contributed by atoms with E-state index in [0.29, 0.717) is 19.4 Å². The fourth-order valence-electron chi connectivity index (χ4n) is 4.56. The summed E-state index contributed by atoms with van der Waals surface area (Å²) >= 11 is 0. The van der Waals surface area contributed by atoms with Crippen LogP contribution in [0.25, 0.3) is 21.8 Å². The molecule has 0 aliphatic carbocycles. The van der Waals surface area contributed by atoms with E-state index in [2.05, 4.69) is 9.97 Å². The summed E-state index contributed by atoms with van der Waals surface area (Å²) in [5.74, 6) is -0.322. The SMILES string of the molecule is O=c1c2[nH]cc[nH]c2c(=O)c2c(=O)n(CC3CCCN(S(=O)(=O)c4ccccc4)C3)c(=O)c12. The predicted molar refractivity (Wildman–Crippen MR) is 122 cm³/mol. The molecule has 2 aromatic carbocycles. The molecule has 2 N–H and O–H groups in total. The van der Waals surface area contributed by atoms with Crippen LogP contribution in [-0.2, 0) is 16.6 Å². The van der Waals surface area contributed by atoms with Crippen LogP contribution in [0, 0.1) is 5.92 Å². The number of hydrogen-bond acceptors (Lipinski definition) is 6. The van der Waals surface area contributed by atoms with Gasteiger partial charge in [0.25, 0.3) is 11.1 Å². The summed E-state index contributed by atoms with van der Waals surface area (Å²) in [6, 6.07) is 8.06. The summed E-state index contributed by atoms with van der Waals surface area (Å²) in [5.41, 5.74) is -3.20. The Morgan fingerprint density at radius 1 is 0.879 bits per heavy atom. The van der Waals surface area contributed by atoms with E-state index in [9.17, 15) is 27.6 Å². The van der Waals surface area contributed by atoms with Gasteiger partial charge in [-0.3, -0.25) is 23.7 Å². The molecule has 0 radical (unpaired) electrons. The van der Waals surface area contributed by atoms with Crippen molar-refractivity contribution in [2.24, 2.45) is 5.92 Å². The van der Waals surface area contributed by atoms with E-state index in [1.54, 1.807) is 18.2 Å². The van der Waals surface area contributed by atoms with E-state index in [1.165, 1.54) is 28.8 Å². The average molecular weight is 468 g/mol. The van der Waals surface area contributed by atoms with Gasteiger partial charge in [0, 0.05) is 32.0 Å². The molecule has 1 aliphatic heterocycles. The Labute approximate surface area is 186 Å². The first-order valence-corrected chi connectivity index (χ1v) is 11.9. The van der Waals surface area contributed by atoms with Crippen LogP contribution in [0.1, 0.15) is 12.8 Å². The lowest BCUT2D eigenvalue weighted by Crippen LogP contribution is -2.42. The molecule has 11 heteroatoms. The van der Waals surface area contributed by atoms with E-state index in [4.69, 9.17) is 0 Å². The van der Waals surface area contributed by atoms with Gasteiger partial charge in [0.2, 0.25) is 20.9 Å². The molecular formula is C22H20N4O6S. The zero-order valence-electron chi connectivity index (χ0n) is 17.4. The Morgan fingerprint density at radius 3 is 2.03 bits per heavy atom. The summed E-state index contributed by atoms with van der Waals surface area (Å²) in [4.78, 5) is 57.2. The van der Waals surface area contributed by atoms with E-state index in [0.717, 1.165) is 4.57 Å². The Kier molecular flexibility index (Phi) is 5.02. The Bertz CT molecular complexity index is 1630. The molecule has 0 bridgehead atoms. The lowest BCUT2D eigenvalue weighted by atomic mass is 10.00. The van der Waals surface area contributed by atoms with Crippen LogP contribution in [0.5, 0.6) is 0 Å². The number of aromatic nitrogens is 3. The predicted octanol–water partition coefficient (Wildman–Crippen LogP) is 0.430. The third kappa shape index (κ3) is 3.31. The van der Waals surface area contributed by atoms with Crippen molar-refractivity contribution in [1.29, 1.82) is 0 Å². The van der Waals surface area contributed by atoms with E-state index in [-0.39, 0.29) is 34.9 Å². The molecule has 1 fully saturated rings. The highest BCUT2D eigenvalue weighted by Crippen LogP contribution is 2.24. The van der Waals surface area contributed by atoms with Gasteiger partial charge in [0.15, 0.2) is 0 Å². The standard InChI is InChI=1S/C22H20N4O6S/c27-19-15-16(20(28)18-17(19)23-8-9-24-18)22(30)26(21(15)29)12-13-5-4-10-25(11-13)33(31,32)14-6-2-1-3-7-14/h1-3,6-9,13,23-24H,4-5,10-12H2. The Balaban J connectivity index is 1.54. The summed E-state index contributed by atoms with van der Waals surface area (Å²) in [6.07, 6.45) is 4.00. The van der Waals surface area contributed by atoms with Crippen LogP contribution in [0.15, 0.2) is 66.8 Å². The van der Waals surface area contributed by atoms with Crippen molar-refractivity contribution in [3.05, 3.63) is 83.9 Å². The fourth-order valence-corrected chi connectivity index (χ4v) is 6.14. The highest BCUT2D eigenvalue weighted by molar-refractivity contribution is 7.89. The van der Waals surface area contributed by atoms with Gasteiger partial charge in [-0.05, 0) is 30.9 Å². The minimum Gasteiger partial charge on any atom is -0.355 e. The Hall–Kier alpha value is -3.57. The molecule has 170 valence electrons. The van der Waals surface area contributed by atoms with Crippen LogP contribution >= 0.6 is 0 Å². The second-order valence-electron chi connectivity index (χ2n) is 8.19. The number of nitrogens with zero attached hydrogens (tertiary/aromatic N) is 2. The molecular weight excluding hydrogens is 448 g/mol. The van der Waals surface area contributed by atoms with Crippen LogP contribution in [0.2, 0.25) is 0 Å². The minimum atomic E-state index is -3.71. The van der Waals surface area contributed by atoms with Crippen LogP contribution in [-0.4, -0.2) is 40.3 Å². The van der Waals surface area contributed by atoms with Crippen molar-refractivity contribution in [2.75, 3.05) is 13.1 Å². The van der Waals surface area contributed by atoms with Crippen LogP contribution < -0.4 is 22.0 Å². The molecule has 2 aromatic heterocycles. The maximum absolute atomic E-state index is 13.0. The zero-order chi connectivity index (χ0) is 23.3. The fraction of sp³-hybridized carbons (Fsp3) is 0.273. The normalized spacial score (nSPS) is 17.6. The first kappa shape index (κ1) is 21.3. The molecule has 1 saturated heterocycles. The van der Waals surface area contributed by atoms with Crippen molar-refractivity contribution in [3.63, 3.8) is 0 Å². The first-order chi connectivity index (χ1) is 15.8. The van der Waals surface area contributed by atoms with Gasteiger partial charge in [-0.2, -0.15) is 4.31 Å². The third-order valence-corrected chi connectivity index (χ3v) is 8.05. The smallest absolute Gasteiger partial charge is 0.265 e. The largest absolute Gasteiger partial charge is 0.355 e. The van der Waals surface area contributed by atoms with Crippen molar-refractivity contribution in [3.8, 4) is 0 Å². The molecule has 1 aliphatic rings. The summed E-state index contributed by atoms with van der Waals surface area (Å²) in [5, 5.41) is -0.865. The topological polar surface area (TPSA) is 142 Å². The zero-order valence-corrected chi connectivity index (χ0v) is 18.2. The molecule has 5 rings (SSSR count).